The molecule has 3 aromatic rings. The minimum absolute atomic E-state index is 0.427. The van der Waals surface area contributed by atoms with Crippen molar-refractivity contribution in [1.29, 1.82) is 0 Å². The highest BCUT2D eigenvalue weighted by Gasteiger charge is 2.12. The van der Waals surface area contributed by atoms with Gasteiger partial charge in [-0.25, -0.2) is 4.98 Å². The van der Waals surface area contributed by atoms with E-state index < -0.39 is 0 Å². The number of H-pyrrole nitrogens is 1. The number of nitrogens with two attached hydrogens (primary N) is 1. The molecule has 0 radical (unpaired) electrons. The van der Waals surface area contributed by atoms with E-state index in [4.69, 9.17) is 10.3 Å². The van der Waals surface area contributed by atoms with Gasteiger partial charge in [0, 0.05) is 5.56 Å². The molecule has 3 rings (SSSR count). The lowest BCUT2D eigenvalue weighted by Gasteiger charge is -1.99. The molecule has 0 saturated carbocycles. The highest BCUT2D eigenvalue weighted by atomic mass is 16.5. The molecule has 2 heterocycles. The molecule has 2 aromatic heterocycles. The van der Waals surface area contributed by atoms with Crippen LogP contribution in [0.5, 0.6) is 0 Å². The molecule has 5 nitrogen and oxygen atoms in total. The summed E-state index contributed by atoms with van der Waals surface area (Å²) in [6, 6.07) is 5.93. The van der Waals surface area contributed by atoms with Crippen LogP contribution in [0.15, 0.2) is 22.7 Å². The molecule has 0 bridgehead atoms. The van der Waals surface area contributed by atoms with E-state index in [1.165, 1.54) is 0 Å². The van der Waals surface area contributed by atoms with Gasteiger partial charge < -0.3 is 15.2 Å². The molecule has 0 saturated heterocycles. The lowest BCUT2D eigenvalue weighted by Crippen LogP contribution is -1.84. The monoisotopic (exact) mass is 228 g/mol. The van der Waals surface area contributed by atoms with Gasteiger partial charge in [0.15, 0.2) is 5.95 Å². The second kappa shape index (κ2) is 3.35. The number of imidazole rings is 1. The van der Waals surface area contributed by atoms with Crippen molar-refractivity contribution in [3.63, 3.8) is 0 Å². The number of hydrogen-bond acceptors (Lipinski definition) is 4. The highest BCUT2D eigenvalue weighted by Crippen LogP contribution is 2.29. The lowest BCUT2D eigenvalue weighted by molar-refractivity contribution is 0.393. The minimum Gasteiger partial charge on any atom is -0.369 e. The molecule has 0 fully saturated rings. The normalized spacial score (nSPS) is 11.2. The Morgan fingerprint density at radius 2 is 2.12 bits per heavy atom. The van der Waals surface area contributed by atoms with E-state index in [9.17, 15) is 0 Å². The summed E-state index contributed by atoms with van der Waals surface area (Å²) >= 11 is 0. The van der Waals surface area contributed by atoms with E-state index in [1.807, 2.05) is 32.0 Å². The SMILES string of the molecule is Cc1noc(C)c1-c1ccc2nc(N)[nH]c2c1. The van der Waals surface area contributed by atoms with Gasteiger partial charge in [0.1, 0.15) is 5.76 Å². The van der Waals surface area contributed by atoms with Crippen LogP contribution in [0, 0.1) is 13.8 Å². The Morgan fingerprint density at radius 1 is 1.29 bits per heavy atom. The van der Waals surface area contributed by atoms with E-state index in [0.717, 1.165) is 33.6 Å². The van der Waals surface area contributed by atoms with Crippen molar-refractivity contribution in [1.82, 2.24) is 15.1 Å². The first-order valence-corrected chi connectivity index (χ1v) is 5.33. The van der Waals surface area contributed by atoms with Gasteiger partial charge in [0.25, 0.3) is 0 Å². The van der Waals surface area contributed by atoms with Gasteiger partial charge in [-0.15, -0.1) is 0 Å². The zero-order valence-electron chi connectivity index (χ0n) is 9.61. The summed E-state index contributed by atoms with van der Waals surface area (Å²) in [5.74, 6) is 1.24. The summed E-state index contributed by atoms with van der Waals surface area (Å²) in [6.07, 6.45) is 0. The topological polar surface area (TPSA) is 80.7 Å². The number of anilines is 1. The minimum atomic E-state index is 0.427. The largest absolute Gasteiger partial charge is 0.369 e. The summed E-state index contributed by atoms with van der Waals surface area (Å²) < 4.78 is 5.17. The van der Waals surface area contributed by atoms with E-state index in [2.05, 4.69) is 15.1 Å². The van der Waals surface area contributed by atoms with Crippen molar-refractivity contribution in [2.24, 2.45) is 0 Å². The van der Waals surface area contributed by atoms with Crippen molar-refractivity contribution in [2.45, 2.75) is 13.8 Å². The van der Waals surface area contributed by atoms with Crippen LogP contribution in [0.1, 0.15) is 11.5 Å². The molecule has 0 atom stereocenters. The molecule has 0 unspecified atom stereocenters. The molecule has 17 heavy (non-hydrogen) atoms. The molecule has 0 aliphatic carbocycles. The molecule has 3 N–H and O–H groups in total. The van der Waals surface area contributed by atoms with Gasteiger partial charge >= 0.3 is 0 Å². The standard InChI is InChI=1S/C12H12N4O/c1-6-11(7(2)17-16-6)8-3-4-9-10(5-8)15-12(13)14-9/h3-5H,1-2H3,(H3,13,14,15). The van der Waals surface area contributed by atoms with E-state index in [1.54, 1.807) is 0 Å². The fourth-order valence-corrected chi connectivity index (χ4v) is 2.08. The Hall–Kier alpha value is -2.30. The number of benzene rings is 1. The smallest absolute Gasteiger partial charge is 0.198 e. The number of aryl methyl sites for hydroxylation is 2. The number of fused-ring (bicyclic) bond motifs is 1. The predicted molar refractivity (Wildman–Crippen MR) is 65.5 cm³/mol. The molecule has 86 valence electrons. The van der Waals surface area contributed by atoms with Crippen molar-refractivity contribution in [3.8, 4) is 11.1 Å². The zero-order chi connectivity index (χ0) is 12.0. The Balaban J connectivity index is 2.24. The third kappa shape index (κ3) is 1.47. The van der Waals surface area contributed by atoms with Gasteiger partial charge in [0.05, 0.1) is 16.7 Å². The summed E-state index contributed by atoms with van der Waals surface area (Å²) in [7, 11) is 0. The Morgan fingerprint density at radius 3 is 2.82 bits per heavy atom. The van der Waals surface area contributed by atoms with Gasteiger partial charge in [-0.05, 0) is 31.5 Å². The van der Waals surface area contributed by atoms with Crippen molar-refractivity contribution in [2.75, 3.05) is 5.73 Å². The van der Waals surface area contributed by atoms with Gasteiger partial charge in [-0.2, -0.15) is 0 Å². The quantitative estimate of drug-likeness (QED) is 0.670. The first-order chi connectivity index (χ1) is 8.15. The number of nitrogens with one attached hydrogen (secondary N) is 1. The van der Waals surface area contributed by atoms with Crippen molar-refractivity contribution < 1.29 is 4.52 Å². The van der Waals surface area contributed by atoms with Crippen LogP contribution in [-0.2, 0) is 0 Å². The van der Waals surface area contributed by atoms with Crippen LogP contribution in [0.3, 0.4) is 0 Å². The number of nitrogen functional groups attached to an aromatic ring is 1. The van der Waals surface area contributed by atoms with Crippen LogP contribution < -0.4 is 5.73 Å². The molecule has 0 amide bonds. The maximum Gasteiger partial charge on any atom is 0.198 e. The summed E-state index contributed by atoms with van der Waals surface area (Å²) in [4.78, 5) is 7.18. The third-order valence-corrected chi connectivity index (χ3v) is 2.82. The maximum atomic E-state index is 5.62. The fraction of sp³-hybridized carbons (Fsp3) is 0.167. The third-order valence-electron chi connectivity index (χ3n) is 2.82. The molecule has 0 aliphatic heterocycles. The molecule has 0 aliphatic rings. The maximum absolute atomic E-state index is 5.62. The van der Waals surface area contributed by atoms with Crippen LogP contribution in [0.4, 0.5) is 5.95 Å². The number of hydrogen-bond donors (Lipinski definition) is 2. The van der Waals surface area contributed by atoms with Crippen LogP contribution in [0.2, 0.25) is 0 Å². The number of aromatic amines is 1. The lowest BCUT2D eigenvalue weighted by atomic mass is 10.0. The molecule has 0 spiro atoms. The average Bonchev–Trinajstić information content (AvgIpc) is 2.80. The van der Waals surface area contributed by atoms with Crippen molar-refractivity contribution in [3.05, 3.63) is 29.7 Å². The van der Waals surface area contributed by atoms with Crippen LogP contribution in [0.25, 0.3) is 22.2 Å². The summed E-state index contributed by atoms with van der Waals surface area (Å²) in [6.45, 7) is 3.83. The molecule has 5 heteroatoms. The number of rotatable bonds is 1. The second-order valence-corrected chi connectivity index (χ2v) is 4.05. The van der Waals surface area contributed by atoms with Crippen molar-refractivity contribution >= 4 is 17.0 Å². The fourth-order valence-electron chi connectivity index (χ4n) is 2.08. The number of nitrogens with zero attached hydrogens (tertiary/aromatic N) is 2. The van der Waals surface area contributed by atoms with Gasteiger partial charge in [0.2, 0.25) is 0 Å². The first-order valence-electron chi connectivity index (χ1n) is 5.33. The predicted octanol–water partition coefficient (Wildman–Crippen LogP) is 2.42. The summed E-state index contributed by atoms with van der Waals surface area (Å²) in [5, 5.41) is 3.95. The highest BCUT2D eigenvalue weighted by molar-refractivity contribution is 5.84. The van der Waals surface area contributed by atoms with E-state index in [0.29, 0.717) is 5.95 Å². The van der Waals surface area contributed by atoms with E-state index in [-0.39, 0.29) is 0 Å². The first kappa shape index (κ1) is 9.89. The average molecular weight is 228 g/mol. The van der Waals surface area contributed by atoms with Crippen LogP contribution >= 0.6 is 0 Å². The molecule has 1 aromatic carbocycles. The second-order valence-electron chi connectivity index (χ2n) is 4.05. The summed E-state index contributed by atoms with van der Waals surface area (Å²) in [5.41, 5.74) is 10.4. The van der Waals surface area contributed by atoms with Crippen LogP contribution in [-0.4, -0.2) is 15.1 Å². The Labute approximate surface area is 97.6 Å². The Kier molecular flexibility index (Phi) is 1.95. The van der Waals surface area contributed by atoms with Gasteiger partial charge in [-0.3, -0.25) is 0 Å². The number of aromatic nitrogens is 3. The van der Waals surface area contributed by atoms with E-state index >= 15 is 0 Å². The molecular weight excluding hydrogens is 216 g/mol. The molecular formula is C12H12N4O. The Bertz CT molecular complexity index is 676. The zero-order valence-corrected chi connectivity index (χ0v) is 9.61. The van der Waals surface area contributed by atoms with Gasteiger partial charge in [-0.1, -0.05) is 11.2 Å².